The normalized spacial score (nSPS) is 12.0. The van der Waals surface area contributed by atoms with Gasteiger partial charge in [-0.2, -0.15) is 0 Å². The summed E-state index contributed by atoms with van der Waals surface area (Å²) in [5, 5.41) is 0.921. The van der Waals surface area contributed by atoms with Gasteiger partial charge in [-0.1, -0.05) is 47.5 Å². The fourth-order valence-corrected chi connectivity index (χ4v) is 4.40. The smallest absolute Gasteiger partial charge is 0.266 e. The number of aromatic nitrogens is 2. The number of nitrogens with zero attached hydrogens (tertiary/aromatic N) is 3. The Morgan fingerprint density at radius 1 is 1.11 bits per heavy atom. The van der Waals surface area contributed by atoms with Gasteiger partial charge in [-0.3, -0.25) is 14.2 Å². The summed E-state index contributed by atoms with van der Waals surface area (Å²) in [4.78, 5) is 33.4. The first-order valence-corrected chi connectivity index (χ1v) is 11.6. The molecule has 1 heterocycles. The van der Waals surface area contributed by atoms with E-state index in [0.717, 1.165) is 0 Å². The van der Waals surface area contributed by atoms with Gasteiger partial charge < -0.3 is 9.64 Å². The molecule has 0 radical (unpaired) electrons. The third-order valence-corrected chi connectivity index (χ3v) is 6.24. The third kappa shape index (κ3) is 4.93. The van der Waals surface area contributed by atoms with E-state index < -0.39 is 23.3 Å². The molecule has 4 rings (SSSR count). The SMILES string of the molecule is COCCN(C(=O)c1ccc(Cl)cc1Cl)C(C)c1nc2ccccc2c(=O)n1-c1ccccc1F. The summed E-state index contributed by atoms with van der Waals surface area (Å²) in [6.45, 7) is 2.12. The van der Waals surface area contributed by atoms with Crippen LogP contribution in [-0.4, -0.2) is 40.6 Å². The van der Waals surface area contributed by atoms with Crippen LogP contribution >= 0.6 is 23.2 Å². The van der Waals surface area contributed by atoms with E-state index in [0.29, 0.717) is 15.9 Å². The molecule has 0 saturated heterocycles. The van der Waals surface area contributed by atoms with Gasteiger partial charge in [0.2, 0.25) is 0 Å². The number of benzene rings is 3. The van der Waals surface area contributed by atoms with Crippen LogP contribution in [0, 0.1) is 5.82 Å². The van der Waals surface area contributed by atoms with Crippen molar-refractivity contribution in [3.63, 3.8) is 0 Å². The topological polar surface area (TPSA) is 64.4 Å². The molecule has 9 heteroatoms. The maximum Gasteiger partial charge on any atom is 0.266 e. The second-order valence-electron chi connectivity index (χ2n) is 7.87. The number of carbonyl (C=O) groups is 1. The predicted octanol–water partition coefficient (Wildman–Crippen LogP) is 5.68. The average Bonchev–Trinajstić information content (AvgIpc) is 2.84. The van der Waals surface area contributed by atoms with E-state index in [-0.39, 0.29) is 35.2 Å². The molecule has 4 aromatic rings. The molecule has 35 heavy (non-hydrogen) atoms. The molecule has 1 aromatic heterocycles. The number of fused-ring (bicyclic) bond motifs is 1. The predicted molar refractivity (Wildman–Crippen MR) is 135 cm³/mol. The summed E-state index contributed by atoms with van der Waals surface area (Å²) in [6.07, 6.45) is 0. The molecule has 0 aliphatic rings. The molecule has 6 nitrogen and oxygen atoms in total. The van der Waals surface area contributed by atoms with Crippen LogP contribution in [0.5, 0.6) is 0 Å². The van der Waals surface area contributed by atoms with Crippen molar-refractivity contribution in [1.29, 1.82) is 0 Å². The lowest BCUT2D eigenvalue weighted by Gasteiger charge is -2.30. The number of amides is 1. The Morgan fingerprint density at radius 2 is 1.83 bits per heavy atom. The lowest BCUT2D eigenvalue weighted by atomic mass is 10.1. The van der Waals surface area contributed by atoms with Crippen molar-refractivity contribution in [3.05, 3.63) is 104 Å². The summed E-state index contributed by atoms with van der Waals surface area (Å²) in [5.41, 5.74) is 0.280. The lowest BCUT2D eigenvalue weighted by molar-refractivity contribution is 0.0605. The molecule has 1 unspecified atom stereocenters. The number of hydrogen-bond acceptors (Lipinski definition) is 4. The van der Waals surface area contributed by atoms with Gasteiger partial charge in [0.25, 0.3) is 11.5 Å². The first-order valence-electron chi connectivity index (χ1n) is 10.8. The summed E-state index contributed by atoms with van der Waals surface area (Å²) in [7, 11) is 1.52. The summed E-state index contributed by atoms with van der Waals surface area (Å²) in [6, 6.07) is 16.6. The number of hydrogen-bond donors (Lipinski definition) is 0. The number of carbonyl (C=O) groups excluding carboxylic acids is 1. The quantitative estimate of drug-likeness (QED) is 0.318. The van der Waals surface area contributed by atoms with Gasteiger partial charge in [0.15, 0.2) is 0 Å². The Labute approximate surface area is 211 Å². The van der Waals surface area contributed by atoms with E-state index in [1.807, 2.05) is 0 Å². The molecule has 3 aromatic carbocycles. The molecule has 0 bridgehead atoms. The van der Waals surface area contributed by atoms with E-state index in [9.17, 15) is 14.0 Å². The third-order valence-electron chi connectivity index (χ3n) is 5.69. The summed E-state index contributed by atoms with van der Waals surface area (Å²) >= 11 is 12.3. The first kappa shape index (κ1) is 24.9. The van der Waals surface area contributed by atoms with E-state index >= 15 is 0 Å². The Hall–Kier alpha value is -3.26. The molecule has 0 aliphatic heterocycles. The fraction of sp³-hybridized carbons (Fsp3) is 0.192. The van der Waals surface area contributed by atoms with Crippen LogP contribution in [0.25, 0.3) is 16.6 Å². The molecule has 1 amide bonds. The molecule has 0 saturated carbocycles. The maximum atomic E-state index is 14.9. The average molecular weight is 514 g/mol. The minimum Gasteiger partial charge on any atom is -0.383 e. The van der Waals surface area contributed by atoms with Crippen LogP contribution in [0.15, 0.2) is 71.5 Å². The van der Waals surface area contributed by atoms with Crippen molar-refractivity contribution in [2.24, 2.45) is 0 Å². The minimum absolute atomic E-state index is 0.0428. The Bertz CT molecular complexity index is 1460. The molecular weight excluding hydrogens is 492 g/mol. The second kappa shape index (κ2) is 10.6. The zero-order valence-corrected chi connectivity index (χ0v) is 20.6. The lowest BCUT2D eigenvalue weighted by Crippen LogP contribution is -2.39. The number of rotatable bonds is 7. The van der Waals surface area contributed by atoms with Crippen molar-refractivity contribution in [1.82, 2.24) is 14.5 Å². The number of methoxy groups -OCH3 is 1. The Kier molecular flexibility index (Phi) is 7.50. The van der Waals surface area contributed by atoms with Crippen LogP contribution in [0.3, 0.4) is 0 Å². The molecular formula is C26H22Cl2FN3O3. The van der Waals surface area contributed by atoms with Gasteiger partial charge in [0.1, 0.15) is 11.6 Å². The monoisotopic (exact) mass is 513 g/mol. The largest absolute Gasteiger partial charge is 0.383 e. The van der Waals surface area contributed by atoms with E-state index in [1.54, 1.807) is 49.4 Å². The Morgan fingerprint density at radius 3 is 2.54 bits per heavy atom. The van der Waals surface area contributed by atoms with Crippen molar-refractivity contribution in [3.8, 4) is 5.69 Å². The highest BCUT2D eigenvalue weighted by Gasteiger charge is 2.29. The standard InChI is InChI=1S/C26H22Cl2FN3O3/c1-16(31(13-14-35-2)25(33)18-12-11-17(27)15-20(18)28)24-30-22-9-5-3-7-19(22)26(34)32(24)23-10-6-4-8-21(23)29/h3-12,15-16H,13-14H2,1-2H3. The van der Waals surface area contributed by atoms with Gasteiger partial charge in [0.05, 0.1) is 39.8 Å². The van der Waals surface area contributed by atoms with E-state index in [4.69, 9.17) is 32.9 Å². The molecule has 180 valence electrons. The molecule has 0 aliphatic carbocycles. The van der Waals surface area contributed by atoms with Crippen molar-refractivity contribution < 1.29 is 13.9 Å². The first-order chi connectivity index (χ1) is 16.8. The number of para-hydroxylation sites is 2. The fourth-order valence-electron chi connectivity index (χ4n) is 3.91. The van der Waals surface area contributed by atoms with E-state index in [1.165, 1.54) is 40.8 Å². The van der Waals surface area contributed by atoms with Crippen molar-refractivity contribution >= 4 is 40.0 Å². The highest BCUT2D eigenvalue weighted by molar-refractivity contribution is 6.36. The number of ether oxygens (including phenoxy) is 1. The van der Waals surface area contributed by atoms with E-state index in [2.05, 4.69) is 0 Å². The second-order valence-corrected chi connectivity index (χ2v) is 8.71. The molecule has 0 fully saturated rings. The Balaban J connectivity index is 1.92. The molecule has 0 N–H and O–H groups in total. The van der Waals surface area contributed by atoms with Crippen LogP contribution < -0.4 is 5.56 Å². The van der Waals surface area contributed by atoms with Crippen LogP contribution in [0.1, 0.15) is 29.1 Å². The maximum absolute atomic E-state index is 14.9. The van der Waals surface area contributed by atoms with Gasteiger partial charge in [-0.05, 0) is 49.4 Å². The zero-order chi connectivity index (χ0) is 25.1. The molecule has 0 spiro atoms. The van der Waals surface area contributed by atoms with Crippen LogP contribution in [-0.2, 0) is 4.74 Å². The summed E-state index contributed by atoms with van der Waals surface area (Å²) in [5.74, 6) is -0.789. The van der Waals surface area contributed by atoms with Crippen molar-refractivity contribution in [2.75, 3.05) is 20.3 Å². The molecule has 1 atom stereocenters. The van der Waals surface area contributed by atoms with Crippen molar-refractivity contribution in [2.45, 2.75) is 13.0 Å². The zero-order valence-electron chi connectivity index (χ0n) is 19.0. The highest BCUT2D eigenvalue weighted by atomic mass is 35.5. The number of halogens is 3. The van der Waals surface area contributed by atoms with Gasteiger partial charge in [-0.25, -0.2) is 9.37 Å². The minimum atomic E-state index is -0.749. The summed E-state index contributed by atoms with van der Waals surface area (Å²) < 4.78 is 21.3. The van der Waals surface area contributed by atoms with Gasteiger partial charge in [-0.15, -0.1) is 0 Å². The van der Waals surface area contributed by atoms with Gasteiger partial charge in [0, 0.05) is 18.7 Å². The highest BCUT2D eigenvalue weighted by Crippen LogP contribution is 2.28. The van der Waals surface area contributed by atoms with Gasteiger partial charge >= 0.3 is 0 Å². The van der Waals surface area contributed by atoms with Crippen LogP contribution in [0.2, 0.25) is 10.0 Å². The van der Waals surface area contributed by atoms with Crippen LogP contribution in [0.4, 0.5) is 4.39 Å².